The molecule has 18 heavy (non-hydrogen) atoms. The maximum atomic E-state index is 11.8. The largest absolute Gasteiger partial charge is 0.399 e. The zero-order valence-corrected chi connectivity index (χ0v) is 9.94. The molecule has 6 heteroatoms. The lowest BCUT2D eigenvalue weighted by Crippen LogP contribution is -2.14. The first-order chi connectivity index (χ1) is 8.70. The van der Waals surface area contributed by atoms with E-state index in [0.717, 1.165) is 12.8 Å². The van der Waals surface area contributed by atoms with E-state index in [0.29, 0.717) is 29.1 Å². The number of nitrogen functional groups attached to an aromatic ring is 1. The molecule has 1 aromatic heterocycles. The molecule has 6 nitrogen and oxygen atoms in total. The van der Waals surface area contributed by atoms with Gasteiger partial charge in [-0.05, 0) is 31.0 Å². The average molecular weight is 248 g/mol. The number of nitrogens with zero attached hydrogens (tertiary/aromatic N) is 1. The van der Waals surface area contributed by atoms with E-state index in [1.807, 2.05) is 0 Å². The summed E-state index contributed by atoms with van der Waals surface area (Å²) in [5.41, 5.74) is 6.56. The zero-order chi connectivity index (χ0) is 13.0. The topological polar surface area (TPSA) is 104 Å². The maximum absolute atomic E-state index is 11.8. The van der Waals surface area contributed by atoms with Gasteiger partial charge in [0.2, 0.25) is 5.95 Å². The number of hydrogen-bond donors (Lipinski definition) is 4. The van der Waals surface area contributed by atoms with Gasteiger partial charge in [-0.1, -0.05) is 0 Å². The van der Waals surface area contributed by atoms with Crippen LogP contribution in [0.5, 0.6) is 0 Å². The van der Waals surface area contributed by atoms with Crippen LogP contribution in [0.1, 0.15) is 12.8 Å². The highest BCUT2D eigenvalue weighted by Crippen LogP contribution is 2.12. The smallest absolute Gasteiger partial charge is 0.260 e. The minimum Gasteiger partial charge on any atom is -0.399 e. The predicted molar refractivity (Wildman–Crippen MR) is 71.6 cm³/mol. The maximum Gasteiger partial charge on any atom is 0.260 e. The second kappa shape index (κ2) is 5.50. The summed E-state index contributed by atoms with van der Waals surface area (Å²) in [7, 11) is 0. The molecule has 0 aliphatic rings. The number of rotatable bonds is 5. The molecule has 0 saturated carbocycles. The summed E-state index contributed by atoms with van der Waals surface area (Å²) in [5, 5.41) is 12.2. The van der Waals surface area contributed by atoms with Gasteiger partial charge in [0.25, 0.3) is 5.56 Å². The Morgan fingerprint density at radius 1 is 1.39 bits per heavy atom. The molecule has 0 spiro atoms. The monoisotopic (exact) mass is 248 g/mol. The number of nitrogens with two attached hydrogens (primary N) is 1. The van der Waals surface area contributed by atoms with Gasteiger partial charge in [-0.2, -0.15) is 0 Å². The summed E-state index contributed by atoms with van der Waals surface area (Å²) in [6, 6.07) is 5.04. The SMILES string of the molecule is Nc1ccc2nc(NCCCCO)[nH]c(=O)c2c1. The minimum absolute atomic E-state index is 0.169. The van der Waals surface area contributed by atoms with Crippen molar-refractivity contribution in [2.45, 2.75) is 12.8 Å². The Kier molecular flexibility index (Phi) is 3.78. The zero-order valence-electron chi connectivity index (χ0n) is 9.94. The van der Waals surface area contributed by atoms with Crippen LogP contribution >= 0.6 is 0 Å². The van der Waals surface area contributed by atoms with E-state index < -0.39 is 0 Å². The fourth-order valence-electron chi connectivity index (χ4n) is 1.68. The van der Waals surface area contributed by atoms with Crippen molar-refractivity contribution in [2.75, 3.05) is 24.2 Å². The van der Waals surface area contributed by atoms with Crippen molar-refractivity contribution in [3.8, 4) is 0 Å². The number of hydrogen-bond acceptors (Lipinski definition) is 5. The number of aromatic nitrogens is 2. The molecule has 2 aromatic rings. The fraction of sp³-hybridized carbons (Fsp3) is 0.333. The molecular formula is C12H16N4O2. The summed E-state index contributed by atoms with van der Waals surface area (Å²) in [6.45, 7) is 0.826. The van der Waals surface area contributed by atoms with Gasteiger partial charge in [0.1, 0.15) is 0 Å². The van der Waals surface area contributed by atoms with Gasteiger partial charge < -0.3 is 16.2 Å². The molecule has 2 rings (SSSR count). The molecule has 0 radical (unpaired) electrons. The van der Waals surface area contributed by atoms with Crippen LogP contribution in [-0.4, -0.2) is 28.2 Å². The van der Waals surface area contributed by atoms with Crippen LogP contribution in [-0.2, 0) is 0 Å². The number of fused-ring (bicyclic) bond motifs is 1. The van der Waals surface area contributed by atoms with Crippen molar-refractivity contribution in [1.82, 2.24) is 9.97 Å². The third kappa shape index (κ3) is 2.78. The van der Waals surface area contributed by atoms with Crippen molar-refractivity contribution in [3.63, 3.8) is 0 Å². The van der Waals surface area contributed by atoms with Gasteiger partial charge in [0.15, 0.2) is 0 Å². The Morgan fingerprint density at radius 3 is 3.00 bits per heavy atom. The Morgan fingerprint density at radius 2 is 2.22 bits per heavy atom. The molecule has 0 aliphatic carbocycles. The van der Waals surface area contributed by atoms with E-state index in [9.17, 15) is 4.79 Å². The van der Waals surface area contributed by atoms with Gasteiger partial charge >= 0.3 is 0 Å². The first-order valence-corrected chi connectivity index (χ1v) is 5.85. The highest BCUT2D eigenvalue weighted by molar-refractivity contribution is 5.81. The number of aromatic amines is 1. The number of aliphatic hydroxyl groups is 1. The van der Waals surface area contributed by atoms with Crippen LogP contribution < -0.4 is 16.6 Å². The van der Waals surface area contributed by atoms with Crippen molar-refractivity contribution >= 4 is 22.5 Å². The summed E-state index contributed by atoms with van der Waals surface area (Å²) in [5.74, 6) is 0.440. The molecule has 1 aromatic carbocycles. The van der Waals surface area contributed by atoms with Crippen LogP contribution in [0.2, 0.25) is 0 Å². The number of nitrogens with one attached hydrogen (secondary N) is 2. The number of H-pyrrole nitrogens is 1. The lowest BCUT2D eigenvalue weighted by Gasteiger charge is -2.06. The second-order valence-electron chi connectivity index (χ2n) is 4.05. The predicted octanol–water partition coefficient (Wildman–Crippen LogP) is 0.690. The van der Waals surface area contributed by atoms with Gasteiger partial charge in [-0.15, -0.1) is 0 Å². The average Bonchev–Trinajstić information content (AvgIpc) is 2.36. The normalized spacial score (nSPS) is 10.7. The Bertz CT molecular complexity index is 594. The summed E-state index contributed by atoms with van der Waals surface area (Å²) in [4.78, 5) is 18.8. The summed E-state index contributed by atoms with van der Waals surface area (Å²) >= 11 is 0. The lowest BCUT2D eigenvalue weighted by atomic mass is 10.2. The van der Waals surface area contributed by atoms with Crippen molar-refractivity contribution in [2.24, 2.45) is 0 Å². The third-order valence-corrected chi connectivity index (χ3v) is 2.61. The minimum atomic E-state index is -0.211. The number of aliphatic hydroxyl groups excluding tert-OH is 1. The fourth-order valence-corrected chi connectivity index (χ4v) is 1.68. The molecular weight excluding hydrogens is 232 g/mol. The van der Waals surface area contributed by atoms with Gasteiger partial charge in [-0.25, -0.2) is 4.98 Å². The van der Waals surface area contributed by atoms with Crippen LogP contribution in [0.25, 0.3) is 10.9 Å². The quantitative estimate of drug-likeness (QED) is 0.460. The van der Waals surface area contributed by atoms with E-state index in [-0.39, 0.29) is 12.2 Å². The molecule has 0 atom stereocenters. The summed E-state index contributed by atoms with van der Waals surface area (Å²) < 4.78 is 0. The van der Waals surface area contributed by atoms with Gasteiger partial charge in [0.05, 0.1) is 10.9 Å². The molecule has 0 saturated heterocycles. The summed E-state index contributed by atoms with van der Waals surface area (Å²) in [6.07, 6.45) is 1.54. The standard InChI is InChI=1S/C12H16N4O2/c13-8-3-4-10-9(7-8)11(18)16-12(15-10)14-5-1-2-6-17/h3-4,7,17H,1-2,5-6,13H2,(H2,14,15,16,18). The first kappa shape index (κ1) is 12.4. The van der Waals surface area contributed by atoms with E-state index in [4.69, 9.17) is 10.8 Å². The van der Waals surface area contributed by atoms with Crippen LogP contribution in [0.4, 0.5) is 11.6 Å². The van der Waals surface area contributed by atoms with Crippen LogP contribution in [0.3, 0.4) is 0 Å². The molecule has 0 unspecified atom stereocenters. The van der Waals surface area contributed by atoms with Crippen molar-refractivity contribution < 1.29 is 5.11 Å². The number of benzene rings is 1. The molecule has 0 amide bonds. The highest BCUT2D eigenvalue weighted by Gasteiger charge is 2.03. The third-order valence-electron chi connectivity index (χ3n) is 2.61. The van der Waals surface area contributed by atoms with E-state index in [2.05, 4.69) is 15.3 Å². The molecule has 0 fully saturated rings. The lowest BCUT2D eigenvalue weighted by molar-refractivity contribution is 0.286. The molecule has 0 aliphatic heterocycles. The molecule has 5 N–H and O–H groups in total. The van der Waals surface area contributed by atoms with Gasteiger partial charge in [0, 0.05) is 18.8 Å². The molecule has 1 heterocycles. The molecule has 0 bridgehead atoms. The van der Waals surface area contributed by atoms with Crippen molar-refractivity contribution in [3.05, 3.63) is 28.6 Å². The number of anilines is 2. The Balaban J connectivity index is 2.21. The Hall–Kier alpha value is -2.08. The van der Waals surface area contributed by atoms with Crippen LogP contribution in [0.15, 0.2) is 23.0 Å². The van der Waals surface area contributed by atoms with Crippen LogP contribution in [0, 0.1) is 0 Å². The highest BCUT2D eigenvalue weighted by atomic mass is 16.2. The van der Waals surface area contributed by atoms with E-state index >= 15 is 0 Å². The van der Waals surface area contributed by atoms with Crippen molar-refractivity contribution in [1.29, 1.82) is 0 Å². The van der Waals surface area contributed by atoms with E-state index in [1.54, 1.807) is 18.2 Å². The first-order valence-electron chi connectivity index (χ1n) is 5.85. The molecule has 96 valence electrons. The second-order valence-corrected chi connectivity index (χ2v) is 4.05. The number of unbranched alkanes of at least 4 members (excludes halogenated alkanes) is 1. The van der Waals surface area contributed by atoms with Gasteiger partial charge in [-0.3, -0.25) is 9.78 Å². The van der Waals surface area contributed by atoms with E-state index in [1.165, 1.54) is 0 Å². The Labute approximate surface area is 104 Å².